The molecule has 0 heterocycles. The van der Waals surface area contributed by atoms with Gasteiger partial charge in [0, 0.05) is 12.4 Å². The van der Waals surface area contributed by atoms with E-state index in [0.29, 0.717) is 0 Å². The summed E-state index contributed by atoms with van der Waals surface area (Å²) in [6.45, 7) is 0. The fourth-order valence-corrected chi connectivity index (χ4v) is 1.66. The summed E-state index contributed by atoms with van der Waals surface area (Å²) in [5.74, 6) is -0.00259. The zero-order valence-corrected chi connectivity index (χ0v) is 7.02. The summed E-state index contributed by atoms with van der Waals surface area (Å²) in [5.41, 5.74) is 0. The molecule has 0 aromatic carbocycles. The molecule has 60 valence electrons. The van der Waals surface area contributed by atoms with E-state index in [1.54, 1.807) is 7.05 Å². The van der Waals surface area contributed by atoms with Crippen molar-refractivity contribution < 1.29 is 4.79 Å². The molecule has 1 N–H and O–H groups in total. The van der Waals surface area contributed by atoms with Crippen molar-refractivity contribution >= 4 is 13.8 Å². The lowest BCUT2D eigenvalue weighted by atomic mass is 9.59. The molecule has 1 amide bonds. The Morgan fingerprint density at radius 3 is 2.36 bits per heavy atom. The molecule has 0 unspecified atom stereocenters. The molecule has 2 nitrogen and oxygen atoms in total. The third-order valence-corrected chi connectivity index (χ3v) is 2.43. The normalized spacial score (nSPS) is 22.6. The summed E-state index contributed by atoms with van der Waals surface area (Å²) in [6.07, 6.45) is 5.07. The minimum atomic E-state index is -0.562. The van der Waals surface area contributed by atoms with Gasteiger partial charge >= 0.3 is 0 Å². The van der Waals surface area contributed by atoms with Crippen LogP contribution in [0.3, 0.4) is 0 Å². The highest BCUT2D eigenvalue weighted by molar-refractivity contribution is 6.28. The van der Waals surface area contributed by atoms with Gasteiger partial charge in [0.05, 0.1) is 7.85 Å². The van der Waals surface area contributed by atoms with Crippen molar-refractivity contribution in [2.24, 2.45) is 0 Å². The lowest BCUT2D eigenvalue weighted by molar-refractivity contribution is -0.124. The lowest BCUT2D eigenvalue weighted by Gasteiger charge is -2.31. The first kappa shape index (κ1) is 8.63. The Labute approximate surface area is 69.2 Å². The van der Waals surface area contributed by atoms with Crippen molar-refractivity contribution in [3.63, 3.8) is 0 Å². The fraction of sp³-hybridized carbons (Fsp3) is 0.875. The number of rotatable bonds is 1. The van der Waals surface area contributed by atoms with Gasteiger partial charge in [0.25, 0.3) is 0 Å². The van der Waals surface area contributed by atoms with E-state index < -0.39 is 5.31 Å². The van der Waals surface area contributed by atoms with E-state index in [9.17, 15) is 4.79 Å². The Hall–Kier alpha value is -0.465. The molecule has 2 radical (unpaired) electrons. The van der Waals surface area contributed by atoms with Crippen LogP contribution in [-0.2, 0) is 4.79 Å². The third kappa shape index (κ3) is 1.76. The second-order valence-corrected chi connectivity index (χ2v) is 3.30. The molecule has 1 aliphatic carbocycles. The standard InChI is InChI=1S/C8H14BNO/c1-10-7(11)8(9)5-3-2-4-6-8/h2-6H2,1H3,(H,10,11). The molecule has 0 aromatic rings. The van der Waals surface area contributed by atoms with Crippen molar-refractivity contribution in [3.05, 3.63) is 0 Å². The van der Waals surface area contributed by atoms with Gasteiger partial charge in [-0.1, -0.05) is 19.3 Å². The third-order valence-electron chi connectivity index (χ3n) is 2.43. The van der Waals surface area contributed by atoms with Gasteiger partial charge in [0.15, 0.2) is 0 Å². The Bertz CT molecular complexity index is 152. The summed E-state index contributed by atoms with van der Waals surface area (Å²) >= 11 is 0. The van der Waals surface area contributed by atoms with Crippen LogP contribution in [0, 0.1) is 0 Å². The second-order valence-electron chi connectivity index (χ2n) is 3.30. The smallest absolute Gasteiger partial charge is 0.217 e. The number of carbonyl (C=O) groups is 1. The van der Waals surface area contributed by atoms with E-state index in [2.05, 4.69) is 5.32 Å². The molecule has 11 heavy (non-hydrogen) atoms. The van der Waals surface area contributed by atoms with Crippen molar-refractivity contribution in [2.45, 2.75) is 37.4 Å². The van der Waals surface area contributed by atoms with Crippen LogP contribution >= 0.6 is 0 Å². The molecule has 0 spiro atoms. The molecular weight excluding hydrogens is 137 g/mol. The van der Waals surface area contributed by atoms with E-state index in [4.69, 9.17) is 7.85 Å². The maximum atomic E-state index is 11.3. The number of hydrogen-bond donors (Lipinski definition) is 1. The van der Waals surface area contributed by atoms with Crippen LogP contribution in [0.1, 0.15) is 32.1 Å². The SMILES string of the molecule is [B]C1(C(=O)NC)CCCCC1. The molecule has 0 aliphatic heterocycles. The van der Waals surface area contributed by atoms with E-state index in [1.807, 2.05) is 0 Å². The van der Waals surface area contributed by atoms with Crippen molar-refractivity contribution in [3.8, 4) is 0 Å². The van der Waals surface area contributed by atoms with Crippen LogP contribution in [0.2, 0.25) is 5.31 Å². The fourth-order valence-electron chi connectivity index (χ4n) is 1.66. The van der Waals surface area contributed by atoms with Crippen molar-refractivity contribution in [2.75, 3.05) is 7.05 Å². The average Bonchev–Trinajstić information content (AvgIpc) is 2.04. The molecular formula is C8H14BNO. The molecule has 0 atom stereocenters. The Balaban J connectivity index is 2.56. The number of amides is 1. The zero-order valence-electron chi connectivity index (χ0n) is 7.02. The summed E-state index contributed by atoms with van der Waals surface area (Å²) in [6, 6.07) is 0. The topological polar surface area (TPSA) is 29.1 Å². The van der Waals surface area contributed by atoms with Gasteiger partial charge in [0.1, 0.15) is 0 Å². The zero-order chi connectivity index (χ0) is 8.32. The number of hydrogen-bond acceptors (Lipinski definition) is 1. The molecule has 1 fully saturated rings. The Kier molecular flexibility index (Phi) is 2.58. The van der Waals surface area contributed by atoms with E-state index in [1.165, 1.54) is 6.42 Å². The number of carbonyl (C=O) groups excluding carboxylic acids is 1. The second kappa shape index (κ2) is 3.29. The van der Waals surface area contributed by atoms with Crippen LogP contribution in [0.4, 0.5) is 0 Å². The predicted octanol–water partition coefficient (Wildman–Crippen LogP) is 1.02. The van der Waals surface area contributed by atoms with Crippen molar-refractivity contribution in [1.82, 2.24) is 5.32 Å². The highest BCUT2D eigenvalue weighted by Crippen LogP contribution is 2.39. The van der Waals surface area contributed by atoms with Crippen LogP contribution in [0.15, 0.2) is 0 Å². The average molecular weight is 151 g/mol. The van der Waals surface area contributed by atoms with Gasteiger partial charge in [-0.15, -0.1) is 0 Å². The van der Waals surface area contributed by atoms with E-state index in [-0.39, 0.29) is 5.91 Å². The van der Waals surface area contributed by atoms with Gasteiger partial charge < -0.3 is 5.32 Å². The van der Waals surface area contributed by atoms with E-state index in [0.717, 1.165) is 25.7 Å². The first-order valence-electron chi connectivity index (χ1n) is 4.20. The molecule has 3 heteroatoms. The quantitative estimate of drug-likeness (QED) is 0.557. The maximum absolute atomic E-state index is 11.3. The highest BCUT2D eigenvalue weighted by atomic mass is 16.2. The van der Waals surface area contributed by atoms with Crippen molar-refractivity contribution in [1.29, 1.82) is 0 Å². The Morgan fingerprint density at radius 1 is 1.36 bits per heavy atom. The van der Waals surface area contributed by atoms with Gasteiger partial charge in [-0.2, -0.15) is 0 Å². The Morgan fingerprint density at radius 2 is 1.91 bits per heavy atom. The first-order valence-corrected chi connectivity index (χ1v) is 4.20. The molecule has 0 bridgehead atoms. The van der Waals surface area contributed by atoms with Crippen LogP contribution in [0.25, 0.3) is 0 Å². The molecule has 1 rings (SSSR count). The summed E-state index contributed by atoms with van der Waals surface area (Å²) in [4.78, 5) is 11.3. The molecule has 1 aliphatic rings. The van der Waals surface area contributed by atoms with Crippen LogP contribution in [0.5, 0.6) is 0 Å². The summed E-state index contributed by atoms with van der Waals surface area (Å²) in [7, 11) is 7.55. The maximum Gasteiger partial charge on any atom is 0.217 e. The summed E-state index contributed by atoms with van der Waals surface area (Å²) < 4.78 is 0. The lowest BCUT2D eigenvalue weighted by Crippen LogP contribution is -2.35. The van der Waals surface area contributed by atoms with Gasteiger partial charge in [-0.05, 0) is 12.8 Å². The van der Waals surface area contributed by atoms with Gasteiger partial charge in [-0.3, -0.25) is 4.79 Å². The minimum absolute atomic E-state index is 0.00259. The first-order chi connectivity index (χ1) is 5.19. The molecule has 0 aromatic heterocycles. The van der Waals surface area contributed by atoms with Gasteiger partial charge in [-0.25, -0.2) is 0 Å². The largest absolute Gasteiger partial charge is 0.359 e. The van der Waals surface area contributed by atoms with E-state index >= 15 is 0 Å². The molecule has 0 saturated heterocycles. The van der Waals surface area contributed by atoms with Crippen LogP contribution in [-0.4, -0.2) is 20.8 Å². The monoisotopic (exact) mass is 151 g/mol. The minimum Gasteiger partial charge on any atom is -0.359 e. The van der Waals surface area contributed by atoms with Gasteiger partial charge in [0.2, 0.25) is 5.91 Å². The molecule has 1 saturated carbocycles. The van der Waals surface area contributed by atoms with Crippen LogP contribution < -0.4 is 5.32 Å². The summed E-state index contributed by atoms with van der Waals surface area (Å²) in [5, 5.41) is 2.05. The number of nitrogens with one attached hydrogen (secondary N) is 1. The predicted molar refractivity (Wildman–Crippen MR) is 45.6 cm³/mol. The highest BCUT2D eigenvalue weighted by Gasteiger charge is 2.32.